The third kappa shape index (κ3) is 2.77. The van der Waals surface area contributed by atoms with Crippen LogP contribution in [0.4, 0.5) is 0 Å². The Balaban J connectivity index is 2.41. The Morgan fingerprint density at radius 3 is 2.82 bits per heavy atom. The molecule has 0 fully saturated rings. The number of primary amides is 1. The second-order valence-electron chi connectivity index (χ2n) is 4.06. The van der Waals surface area contributed by atoms with Crippen LogP contribution in [0, 0.1) is 13.8 Å². The molecule has 0 aliphatic heterocycles. The van der Waals surface area contributed by atoms with Gasteiger partial charge >= 0.3 is 0 Å². The van der Waals surface area contributed by atoms with Crippen LogP contribution >= 0.6 is 11.8 Å². The van der Waals surface area contributed by atoms with E-state index in [9.17, 15) is 4.79 Å². The van der Waals surface area contributed by atoms with Crippen molar-refractivity contribution in [3.05, 3.63) is 35.4 Å². The van der Waals surface area contributed by atoms with E-state index in [1.807, 2.05) is 19.1 Å². The van der Waals surface area contributed by atoms with Gasteiger partial charge in [0, 0.05) is 5.39 Å². The summed E-state index contributed by atoms with van der Waals surface area (Å²) in [6.45, 7) is 4.06. The van der Waals surface area contributed by atoms with Crippen molar-refractivity contribution < 1.29 is 4.79 Å². The van der Waals surface area contributed by atoms with Crippen molar-refractivity contribution in [2.24, 2.45) is 5.73 Å². The highest BCUT2D eigenvalue weighted by atomic mass is 32.2. The van der Waals surface area contributed by atoms with Gasteiger partial charge in [-0.1, -0.05) is 23.4 Å². The third-order valence-corrected chi connectivity index (χ3v) is 3.58. The average Bonchev–Trinajstić information content (AvgIpc) is 2.26. The quantitative estimate of drug-likeness (QED) is 0.846. The van der Waals surface area contributed by atoms with Crippen molar-refractivity contribution in [1.82, 2.24) is 4.98 Å². The standard InChI is InChI=1S/C13H14N2OS/c1-8-3-4-11-10(5-8)6-9(2)13(15-11)17-7-12(14)16/h3-6H,7H2,1-2H3,(H2,14,16). The lowest BCUT2D eigenvalue weighted by Gasteiger charge is -2.06. The molecule has 0 radical (unpaired) electrons. The number of fused-ring (bicyclic) bond motifs is 1. The number of carbonyl (C=O) groups excluding carboxylic acids is 1. The zero-order valence-corrected chi connectivity index (χ0v) is 10.7. The molecular weight excluding hydrogens is 232 g/mol. The van der Waals surface area contributed by atoms with Crippen LogP contribution < -0.4 is 5.73 Å². The van der Waals surface area contributed by atoms with Crippen LogP contribution in [0.3, 0.4) is 0 Å². The fourth-order valence-electron chi connectivity index (χ4n) is 1.67. The smallest absolute Gasteiger partial charge is 0.227 e. The molecule has 17 heavy (non-hydrogen) atoms. The van der Waals surface area contributed by atoms with Crippen molar-refractivity contribution in [3.63, 3.8) is 0 Å². The van der Waals surface area contributed by atoms with Gasteiger partial charge in [0.2, 0.25) is 5.91 Å². The summed E-state index contributed by atoms with van der Waals surface area (Å²) >= 11 is 1.39. The van der Waals surface area contributed by atoms with E-state index in [-0.39, 0.29) is 11.7 Å². The molecule has 0 bridgehead atoms. The fraction of sp³-hybridized carbons (Fsp3) is 0.231. The summed E-state index contributed by atoms with van der Waals surface area (Å²) in [6, 6.07) is 8.24. The van der Waals surface area contributed by atoms with Gasteiger partial charge in [-0.2, -0.15) is 0 Å². The first-order valence-electron chi connectivity index (χ1n) is 5.35. The number of hydrogen-bond donors (Lipinski definition) is 1. The number of amides is 1. The molecule has 0 saturated carbocycles. The van der Waals surface area contributed by atoms with E-state index < -0.39 is 0 Å². The fourth-order valence-corrected chi connectivity index (χ4v) is 2.40. The molecule has 0 aliphatic carbocycles. The van der Waals surface area contributed by atoms with Crippen molar-refractivity contribution in [3.8, 4) is 0 Å². The molecule has 2 rings (SSSR count). The number of carbonyl (C=O) groups is 1. The zero-order valence-electron chi connectivity index (χ0n) is 9.86. The van der Waals surface area contributed by atoms with Gasteiger partial charge in [-0.05, 0) is 37.6 Å². The first kappa shape index (κ1) is 11.9. The minimum atomic E-state index is -0.319. The highest BCUT2D eigenvalue weighted by Gasteiger charge is 2.06. The van der Waals surface area contributed by atoms with Crippen LogP contribution in [0.5, 0.6) is 0 Å². The summed E-state index contributed by atoms with van der Waals surface area (Å²) in [7, 11) is 0. The molecule has 1 heterocycles. The molecule has 1 amide bonds. The largest absolute Gasteiger partial charge is 0.369 e. The van der Waals surface area contributed by atoms with E-state index in [4.69, 9.17) is 5.73 Å². The Hall–Kier alpha value is -1.55. The maximum atomic E-state index is 10.8. The molecule has 0 unspecified atom stereocenters. The first-order valence-corrected chi connectivity index (χ1v) is 6.34. The Morgan fingerprint density at radius 1 is 1.35 bits per heavy atom. The van der Waals surface area contributed by atoms with Gasteiger partial charge in [0.05, 0.1) is 11.3 Å². The van der Waals surface area contributed by atoms with Crippen molar-refractivity contribution >= 4 is 28.6 Å². The Labute approximate surface area is 104 Å². The molecular formula is C13H14N2OS. The maximum absolute atomic E-state index is 10.8. The number of benzene rings is 1. The van der Waals surface area contributed by atoms with Crippen LogP contribution in [-0.4, -0.2) is 16.6 Å². The summed E-state index contributed by atoms with van der Waals surface area (Å²) in [5.41, 5.74) is 8.38. The van der Waals surface area contributed by atoms with E-state index in [1.165, 1.54) is 17.3 Å². The number of nitrogens with two attached hydrogens (primary N) is 1. The summed E-state index contributed by atoms with van der Waals surface area (Å²) in [4.78, 5) is 15.3. The van der Waals surface area contributed by atoms with Crippen LogP contribution in [0.1, 0.15) is 11.1 Å². The lowest BCUT2D eigenvalue weighted by atomic mass is 10.1. The number of aromatic nitrogens is 1. The Kier molecular flexibility index (Phi) is 3.33. The summed E-state index contributed by atoms with van der Waals surface area (Å²) in [6.07, 6.45) is 0. The van der Waals surface area contributed by atoms with Gasteiger partial charge in [-0.15, -0.1) is 0 Å². The molecule has 0 spiro atoms. The van der Waals surface area contributed by atoms with E-state index >= 15 is 0 Å². The lowest BCUT2D eigenvalue weighted by molar-refractivity contribution is -0.115. The second-order valence-corrected chi connectivity index (χ2v) is 5.03. The highest BCUT2D eigenvalue weighted by molar-refractivity contribution is 7.99. The predicted molar refractivity (Wildman–Crippen MR) is 71.1 cm³/mol. The minimum absolute atomic E-state index is 0.269. The zero-order chi connectivity index (χ0) is 12.4. The minimum Gasteiger partial charge on any atom is -0.369 e. The molecule has 2 aromatic rings. The number of nitrogens with zero attached hydrogens (tertiary/aromatic N) is 1. The number of aryl methyl sites for hydroxylation is 2. The topological polar surface area (TPSA) is 56.0 Å². The Bertz CT molecular complexity index is 581. The second kappa shape index (κ2) is 4.75. The number of thioether (sulfide) groups is 1. The molecule has 0 atom stereocenters. The van der Waals surface area contributed by atoms with Gasteiger partial charge in [-0.3, -0.25) is 4.79 Å². The SMILES string of the molecule is Cc1ccc2nc(SCC(N)=O)c(C)cc2c1. The van der Waals surface area contributed by atoms with Crippen LogP contribution in [-0.2, 0) is 4.79 Å². The summed E-state index contributed by atoms with van der Waals surface area (Å²) in [5.74, 6) is -0.0502. The van der Waals surface area contributed by atoms with Gasteiger partial charge in [0.25, 0.3) is 0 Å². The molecule has 2 N–H and O–H groups in total. The molecule has 1 aromatic heterocycles. The monoisotopic (exact) mass is 246 g/mol. The first-order chi connectivity index (χ1) is 8.06. The predicted octanol–water partition coefficient (Wildman–Crippen LogP) is 2.43. The van der Waals surface area contributed by atoms with Gasteiger partial charge < -0.3 is 5.73 Å². The highest BCUT2D eigenvalue weighted by Crippen LogP contribution is 2.24. The van der Waals surface area contributed by atoms with Crippen molar-refractivity contribution in [1.29, 1.82) is 0 Å². The summed E-state index contributed by atoms with van der Waals surface area (Å²) in [5, 5.41) is 2.01. The van der Waals surface area contributed by atoms with Gasteiger partial charge in [0.15, 0.2) is 0 Å². The van der Waals surface area contributed by atoms with Gasteiger partial charge in [-0.25, -0.2) is 4.98 Å². The number of rotatable bonds is 3. The molecule has 4 heteroatoms. The summed E-state index contributed by atoms with van der Waals surface area (Å²) < 4.78 is 0. The van der Waals surface area contributed by atoms with Crippen molar-refractivity contribution in [2.75, 3.05) is 5.75 Å². The molecule has 0 saturated heterocycles. The van der Waals surface area contributed by atoms with E-state index in [0.717, 1.165) is 21.5 Å². The van der Waals surface area contributed by atoms with E-state index in [1.54, 1.807) is 0 Å². The molecule has 0 aliphatic rings. The molecule has 1 aromatic carbocycles. The van der Waals surface area contributed by atoms with Crippen LogP contribution in [0.15, 0.2) is 29.3 Å². The maximum Gasteiger partial charge on any atom is 0.227 e. The van der Waals surface area contributed by atoms with Crippen molar-refractivity contribution in [2.45, 2.75) is 18.9 Å². The van der Waals surface area contributed by atoms with Gasteiger partial charge in [0.1, 0.15) is 5.03 Å². The van der Waals surface area contributed by atoms with E-state index in [2.05, 4.69) is 24.0 Å². The third-order valence-electron chi connectivity index (χ3n) is 2.47. The normalized spacial score (nSPS) is 10.7. The molecule has 3 nitrogen and oxygen atoms in total. The van der Waals surface area contributed by atoms with Crippen LogP contribution in [0.2, 0.25) is 0 Å². The average molecular weight is 246 g/mol. The number of hydrogen-bond acceptors (Lipinski definition) is 3. The number of pyridine rings is 1. The van der Waals surface area contributed by atoms with Crippen LogP contribution in [0.25, 0.3) is 10.9 Å². The lowest BCUT2D eigenvalue weighted by Crippen LogP contribution is -2.13. The van der Waals surface area contributed by atoms with E-state index in [0.29, 0.717) is 0 Å². The Morgan fingerprint density at radius 2 is 2.12 bits per heavy atom. The molecule has 88 valence electrons.